The molecule has 0 aromatic heterocycles. The zero-order chi connectivity index (χ0) is 18.5. The van der Waals surface area contributed by atoms with E-state index in [1.807, 2.05) is 0 Å². The lowest BCUT2D eigenvalue weighted by Gasteiger charge is -2.38. The average molecular weight is 364 g/mol. The van der Waals surface area contributed by atoms with Crippen LogP contribution in [0.15, 0.2) is 5.16 Å². The fourth-order valence-corrected chi connectivity index (χ4v) is 4.84. The molecule has 0 saturated heterocycles. The Kier molecular flexibility index (Phi) is 11.4. The molecule has 26 heavy (non-hydrogen) atoms. The molecule has 1 unspecified atom stereocenters. The quantitative estimate of drug-likeness (QED) is 0.128. The maximum Gasteiger partial charge on any atom is 0.0635 e. The van der Waals surface area contributed by atoms with Crippen LogP contribution in [0.2, 0.25) is 0 Å². The third-order valence-electron chi connectivity index (χ3n) is 7.11. The van der Waals surface area contributed by atoms with E-state index in [1.54, 1.807) is 0 Å². The molecule has 0 aromatic carbocycles. The summed E-state index contributed by atoms with van der Waals surface area (Å²) in [5, 5.41) is 13.4. The van der Waals surface area contributed by atoms with Crippen molar-refractivity contribution in [2.24, 2.45) is 22.9 Å². The number of hydrogen-bond acceptors (Lipinski definition) is 2. The van der Waals surface area contributed by atoms with Crippen molar-refractivity contribution in [2.45, 2.75) is 129 Å². The molecule has 0 radical (unpaired) electrons. The first-order valence-electron chi connectivity index (χ1n) is 12.1. The highest BCUT2D eigenvalue weighted by atomic mass is 16.4. The van der Waals surface area contributed by atoms with Crippen LogP contribution in [0.5, 0.6) is 0 Å². The Morgan fingerprint density at radius 1 is 0.769 bits per heavy atom. The summed E-state index contributed by atoms with van der Waals surface area (Å²) in [6, 6.07) is 0. The summed E-state index contributed by atoms with van der Waals surface area (Å²) in [6.07, 6.45) is 26.3. The lowest BCUT2D eigenvalue weighted by Crippen LogP contribution is -2.36. The van der Waals surface area contributed by atoms with E-state index in [0.717, 1.165) is 5.92 Å². The fourth-order valence-electron chi connectivity index (χ4n) is 4.84. The average Bonchev–Trinajstić information content (AvgIpc) is 2.56. The normalized spacial score (nSPS) is 20.0. The Bertz CT molecular complexity index is 370. The second kappa shape index (κ2) is 13.6. The van der Waals surface area contributed by atoms with E-state index in [9.17, 15) is 5.21 Å². The van der Waals surface area contributed by atoms with Crippen molar-refractivity contribution >= 4 is 5.71 Å². The van der Waals surface area contributed by atoms with Gasteiger partial charge in [-0.1, -0.05) is 102 Å². The van der Waals surface area contributed by atoms with Crippen LogP contribution in [0, 0.1) is 17.8 Å². The minimum Gasteiger partial charge on any atom is -0.411 e. The molecule has 2 fully saturated rings. The molecule has 2 heteroatoms. The van der Waals surface area contributed by atoms with Gasteiger partial charge in [-0.2, -0.15) is 0 Å². The number of rotatable bonds is 16. The van der Waals surface area contributed by atoms with Gasteiger partial charge in [0.2, 0.25) is 0 Å². The second-order valence-electron chi connectivity index (χ2n) is 9.13. The van der Waals surface area contributed by atoms with Crippen LogP contribution in [0.1, 0.15) is 129 Å². The van der Waals surface area contributed by atoms with Gasteiger partial charge in [0.15, 0.2) is 0 Å². The van der Waals surface area contributed by atoms with E-state index in [4.69, 9.17) is 0 Å². The third kappa shape index (κ3) is 7.61. The summed E-state index contributed by atoms with van der Waals surface area (Å²) in [7, 11) is 0. The first-order valence-corrected chi connectivity index (χ1v) is 12.1. The molecule has 2 aliphatic carbocycles. The highest BCUT2D eigenvalue weighted by molar-refractivity contribution is 5.89. The number of unbranched alkanes of at least 4 members (excludes halogenated alkanes) is 11. The van der Waals surface area contributed by atoms with Crippen molar-refractivity contribution in [3.8, 4) is 0 Å². The standard InChI is InChI=1S/C24H45NO/c1-2-3-4-5-6-7-8-9-10-11-12-13-20-23(21-16-14-17-21)24(25-26)22-18-15-19-22/h21-23,26H,2-20H2,1H3/b25-24-. The summed E-state index contributed by atoms with van der Waals surface area (Å²) >= 11 is 0. The lowest BCUT2D eigenvalue weighted by atomic mass is 9.66. The molecular formula is C24H45NO. The molecule has 0 heterocycles. The van der Waals surface area contributed by atoms with E-state index in [0.29, 0.717) is 11.8 Å². The summed E-state index contributed by atoms with van der Waals surface area (Å²) in [5.74, 6) is 2.04. The number of nitrogens with zero attached hydrogens (tertiary/aromatic N) is 1. The van der Waals surface area contributed by atoms with Gasteiger partial charge in [0.1, 0.15) is 0 Å². The van der Waals surface area contributed by atoms with Crippen LogP contribution in [-0.2, 0) is 0 Å². The topological polar surface area (TPSA) is 32.6 Å². The van der Waals surface area contributed by atoms with Crippen LogP contribution in [-0.4, -0.2) is 10.9 Å². The molecule has 2 saturated carbocycles. The Balaban J connectivity index is 1.49. The Morgan fingerprint density at radius 3 is 1.65 bits per heavy atom. The lowest BCUT2D eigenvalue weighted by molar-refractivity contribution is 0.218. The molecule has 0 spiro atoms. The van der Waals surface area contributed by atoms with Crippen molar-refractivity contribution < 1.29 is 5.21 Å². The first kappa shape index (κ1) is 21.8. The molecular weight excluding hydrogens is 318 g/mol. The predicted molar refractivity (Wildman–Crippen MR) is 113 cm³/mol. The predicted octanol–water partition coefficient (Wildman–Crippen LogP) is 8.12. The van der Waals surface area contributed by atoms with E-state index in [-0.39, 0.29) is 0 Å². The van der Waals surface area contributed by atoms with Crippen molar-refractivity contribution in [3.05, 3.63) is 0 Å². The number of hydrogen-bond donors (Lipinski definition) is 1. The molecule has 0 bridgehead atoms. The smallest absolute Gasteiger partial charge is 0.0635 e. The molecule has 0 aromatic rings. The zero-order valence-corrected chi connectivity index (χ0v) is 17.6. The van der Waals surface area contributed by atoms with Crippen LogP contribution in [0.3, 0.4) is 0 Å². The Labute approximate surface area is 163 Å². The molecule has 0 amide bonds. The first-order chi connectivity index (χ1) is 12.9. The van der Waals surface area contributed by atoms with Crippen molar-refractivity contribution in [3.63, 3.8) is 0 Å². The molecule has 152 valence electrons. The van der Waals surface area contributed by atoms with Crippen molar-refractivity contribution in [1.82, 2.24) is 0 Å². The van der Waals surface area contributed by atoms with E-state index in [1.165, 1.54) is 128 Å². The molecule has 2 rings (SSSR count). The fraction of sp³-hybridized carbons (Fsp3) is 0.958. The summed E-state index contributed by atoms with van der Waals surface area (Å²) in [6.45, 7) is 2.29. The SMILES string of the molecule is CCCCCCCCCCCCCCC(/C(=N\O)C1CCC1)C1CCC1. The Hall–Kier alpha value is -0.530. The highest BCUT2D eigenvalue weighted by Gasteiger charge is 2.36. The van der Waals surface area contributed by atoms with Crippen LogP contribution in [0.4, 0.5) is 0 Å². The summed E-state index contributed by atoms with van der Waals surface area (Å²) in [5.41, 5.74) is 1.18. The van der Waals surface area contributed by atoms with Gasteiger partial charge in [0.05, 0.1) is 5.71 Å². The van der Waals surface area contributed by atoms with E-state index in [2.05, 4.69) is 12.1 Å². The van der Waals surface area contributed by atoms with Gasteiger partial charge in [-0.3, -0.25) is 0 Å². The van der Waals surface area contributed by atoms with Crippen molar-refractivity contribution in [2.75, 3.05) is 0 Å². The van der Waals surface area contributed by atoms with Gasteiger partial charge in [-0.05, 0) is 38.0 Å². The summed E-state index contributed by atoms with van der Waals surface area (Å²) < 4.78 is 0. The Morgan fingerprint density at radius 2 is 1.27 bits per heavy atom. The maximum atomic E-state index is 9.58. The summed E-state index contributed by atoms with van der Waals surface area (Å²) in [4.78, 5) is 0. The van der Waals surface area contributed by atoms with E-state index >= 15 is 0 Å². The molecule has 2 aliphatic rings. The maximum absolute atomic E-state index is 9.58. The van der Waals surface area contributed by atoms with Crippen LogP contribution in [0.25, 0.3) is 0 Å². The number of oxime groups is 1. The molecule has 1 atom stereocenters. The van der Waals surface area contributed by atoms with Gasteiger partial charge in [-0.15, -0.1) is 0 Å². The molecule has 0 aliphatic heterocycles. The van der Waals surface area contributed by atoms with E-state index < -0.39 is 0 Å². The van der Waals surface area contributed by atoms with Crippen molar-refractivity contribution in [1.29, 1.82) is 0 Å². The van der Waals surface area contributed by atoms with Gasteiger partial charge < -0.3 is 5.21 Å². The molecule has 1 N–H and O–H groups in total. The van der Waals surface area contributed by atoms with Gasteiger partial charge in [0.25, 0.3) is 0 Å². The van der Waals surface area contributed by atoms with Crippen LogP contribution < -0.4 is 0 Å². The monoisotopic (exact) mass is 363 g/mol. The largest absolute Gasteiger partial charge is 0.411 e. The minimum absolute atomic E-state index is 0.599. The zero-order valence-electron chi connectivity index (χ0n) is 17.6. The van der Waals surface area contributed by atoms with Crippen LogP contribution >= 0.6 is 0 Å². The molecule has 2 nitrogen and oxygen atoms in total. The second-order valence-corrected chi connectivity index (χ2v) is 9.13. The minimum atomic E-state index is 0.599. The highest BCUT2D eigenvalue weighted by Crippen LogP contribution is 2.41. The third-order valence-corrected chi connectivity index (χ3v) is 7.11. The van der Waals surface area contributed by atoms with Gasteiger partial charge in [0, 0.05) is 11.8 Å². The van der Waals surface area contributed by atoms with Gasteiger partial charge in [-0.25, -0.2) is 0 Å². The van der Waals surface area contributed by atoms with Gasteiger partial charge >= 0.3 is 0 Å².